The molecule has 7 N–H and O–H groups in total. The van der Waals surface area contributed by atoms with Crippen molar-refractivity contribution in [3.63, 3.8) is 0 Å². The Morgan fingerprint density at radius 1 is 1.50 bits per heavy atom. The molecule has 0 aliphatic carbocycles. The zero-order chi connectivity index (χ0) is 13.4. The maximum atomic E-state index is 11.0. The van der Waals surface area contributed by atoms with Crippen LogP contribution in [-0.2, 0) is 4.74 Å². The summed E-state index contributed by atoms with van der Waals surface area (Å²) < 4.78 is 6.42. The van der Waals surface area contributed by atoms with Crippen molar-refractivity contribution in [2.24, 2.45) is 5.73 Å². The molecule has 18 heavy (non-hydrogen) atoms. The van der Waals surface area contributed by atoms with Crippen molar-refractivity contribution in [2.75, 3.05) is 12.3 Å². The van der Waals surface area contributed by atoms with Crippen LogP contribution < -0.4 is 11.5 Å². The van der Waals surface area contributed by atoms with Gasteiger partial charge >= 0.3 is 0 Å². The maximum absolute atomic E-state index is 11.0. The van der Waals surface area contributed by atoms with Gasteiger partial charge < -0.3 is 31.5 Å². The predicted molar refractivity (Wildman–Crippen MR) is 58.2 cm³/mol. The number of carbonyl (C=O) groups excluding carboxylic acids is 1. The molecule has 1 aliphatic rings. The smallest absolute Gasteiger partial charge is 0.271 e. The molecule has 0 saturated carbocycles. The number of aromatic nitrogens is 2. The van der Waals surface area contributed by atoms with Crippen LogP contribution in [0, 0.1) is 0 Å². The summed E-state index contributed by atoms with van der Waals surface area (Å²) in [4.78, 5) is 14.7. The summed E-state index contributed by atoms with van der Waals surface area (Å²) in [6.07, 6.45) is -3.32. The summed E-state index contributed by atoms with van der Waals surface area (Å²) >= 11 is 0. The number of aliphatic hydroxyl groups excluding tert-OH is 3. The molecular formula is C9H14N4O5. The summed E-state index contributed by atoms with van der Waals surface area (Å²) in [7, 11) is 0. The molecule has 9 nitrogen and oxygen atoms in total. The van der Waals surface area contributed by atoms with Gasteiger partial charge in [-0.1, -0.05) is 0 Å². The molecule has 1 aromatic heterocycles. The molecule has 9 heteroatoms. The maximum Gasteiger partial charge on any atom is 0.271 e. The topological polar surface area (TPSA) is 157 Å². The Bertz CT molecular complexity index is 462. The van der Waals surface area contributed by atoms with Crippen molar-refractivity contribution < 1.29 is 24.9 Å². The summed E-state index contributed by atoms with van der Waals surface area (Å²) in [5.41, 5.74) is 10.6. The van der Waals surface area contributed by atoms with Gasteiger partial charge in [-0.15, -0.1) is 0 Å². The van der Waals surface area contributed by atoms with Gasteiger partial charge in [0.2, 0.25) is 0 Å². The molecule has 2 rings (SSSR count). The highest BCUT2D eigenvalue weighted by molar-refractivity contribution is 5.95. The Balaban J connectivity index is 2.30. The van der Waals surface area contributed by atoms with Crippen molar-refractivity contribution in [1.29, 1.82) is 0 Å². The zero-order valence-corrected chi connectivity index (χ0v) is 9.30. The standard InChI is InChI=1S/C9H14N4O5/c10-7-4(8(11)17)12-2-13(7)9-6(16)5(15)3(1-14)18-9/h2-3,5-6,9,14-16H,1,10H2,(H2,11,17)/t3-,5+,6?,9-/m1/s1. The lowest BCUT2D eigenvalue weighted by Crippen LogP contribution is -2.33. The van der Waals surface area contributed by atoms with E-state index in [1.807, 2.05) is 0 Å². The molecule has 1 aliphatic heterocycles. The molecule has 100 valence electrons. The molecule has 0 aromatic carbocycles. The number of nitrogens with two attached hydrogens (primary N) is 2. The molecule has 4 atom stereocenters. The van der Waals surface area contributed by atoms with Crippen molar-refractivity contribution in [3.8, 4) is 0 Å². The van der Waals surface area contributed by atoms with Gasteiger partial charge in [-0.2, -0.15) is 0 Å². The summed E-state index contributed by atoms with van der Waals surface area (Å²) in [6.45, 7) is -0.452. The number of imidazole rings is 1. The lowest BCUT2D eigenvalue weighted by Gasteiger charge is -2.17. The van der Waals surface area contributed by atoms with Crippen molar-refractivity contribution in [3.05, 3.63) is 12.0 Å². The number of anilines is 1. The number of nitrogen functional groups attached to an aromatic ring is 1. The second-order valence-corrected chi connectivity index (χ2v) is 3.98. The second-order valence-electron chi connectivity index (χ2n) is 3.98. The SMILES string of the molecule is NC(=O)c1ncn([C@@H]2O[C@H](CO)[C@H](O)C2O)c1N. The normalized spacial score (nSPS) is 31.7. The van der Waals surface area contributed by atoms with Crippen LogP contribution in [0.1, 0.15) is 16.7 Å². The van der Waals surface area contributed by atoms with Gasteiger partial charge in [0.25, 0.3) is 5.91 Å². The second kappa shape index (κ2) is 4.53. The molecule has 0 spiro atoms. The third kappa shape index (κ3) is 1.82. The fourth-order valence-electron chi connectivity index (χ4n) is 1.87. The fourth-order valence-corrected chi connectivity index (χ4v) is 1.87. The van der Waals surface area contributed by atoms with E-state index in [1.165, 1.54) is 10.9 Å². The van der Waals surface area contributed by atoms with E-state index >= 15 is 0 Å². The van der Waals surface area contributed by atoms with Gasteiger partial charge in [-0.05, 0) is 0 Å². The highest BCUT2D eigenvalue weighted by atomic mass is 16.6. The van der Waals surface area contributed by atoms with Crippen LogP contribution in [0.15, 0.2) is 6.33 Å². The first-order valence-corrected chi connectivity index (χ1v) is 5.22. The minimum atomic E-state index is -1.29. The number of rotatable bonds is 3. The van der Waals surface area contributed by atoms with Crippen LogP contribution in [0.2, 0.25) is 0 Å². The average Bonchev–Trinajstić information content (AvgIpc) is 2.82. The monoisotopic (exact) mass is 258 g/mol. The van der Waals surface area contributed by atoms with Gasteiger partial charge in [0.05, 0.1) is 12.9 Å². The first kappa shape index (κ1) is 12.8. The first-order chi connectivity index (χ1) is 8.47. The van der Waals surface area contributed by atoms with Crippen LogP contribution in [-0.4, -0.2) is 55.7 Å². The van der Waals surface area contributed by atoms with Crippen molar-refractivity contribution in [2.45, 2.75) is 24.5 Å². The largest absolute Gasteiger partial charge is 0.394 e. The first-order valence-electron chi connectivity index (χ1n) is 5.22. The lowest BCUT2D eigenvalue weighted by atomic mass is 10.1. The minimum Gasteiger partial charge on any atom is -0.394 e. The third-order valence-electron chi connectivity index (χ3n) is 2.86. The third-order valence-corrected chi connectivity index (χ3v) is 2.86. The highest BCUT2D eigenvalue weighted by Crippen LogP contribution is 2.31. The van der Waals surface area contributed by atoms with E-state index in [2.05, 4.69) is 4.98 Å². The Morgan fingerprint density at radius 3 is 2.61 bits per heavy atom. The number of hydrogen-bond acceptors (Lipinski definition) is 7. The van der Waals surface area contributed by atoms with Crippen LogP contribution in [0.3, 0.4) is 0 Å². The molecule has 1 fully saturated rings. The highest BCUT2D eigenvalue weighted by Gasteiger charge is 2.44. The molecule has 1 unspecified atom stereocenters. The number of aliphatic hydroxyl groups is 3. The number of primary amides is 1. The van der Waals surface area contributed by atoms with E-state index in [4.69, 9.17) is 21.3 Å². The Labute approximate surface area is 102 Å². The number of carbonyl (C=O) groups is 1. The van der Waals surface area contributed by atoms with Crippen molar-refractivity contribution >= 4 is 11.7 Å². The van der Waals surface area contributed by atoms with Gasteiger partial charge in [-0.3, -0.25) is 9.36 Å². The molecule has 1 amide bonds. The van der Waals surface area contributed by atoms with E-state index in [-0.39, 0.29) is 11.5 Å². The molecular weight excluding hydrogens is 244 g/mol. The van der Waals surface area contributed by atoms with E-state index in [1.54, 1.807) is 0 Å². The predicted octanol–water partition coefficient (Wildman–Crippen LogP) is -2.82. The zero-order valence-electron chi connectivity index (χ0n) is 9.30. The Morgan fingerprint density at radius 2 is 2.17 bits per heavy atom. The quantitative estimate of drug-likeness (QED) is 0.391. The van der Waals surface area contributed by atoms with Crippen LogP contribution in [0.4, 0.5) is 5.82 Å². The van der Waals surface area contributed by atoms with E-state index in [9.17, 15) is 15.0 Å². The minimum absolute atomic E-state index is 0.0719. The van der Waals surface area contributed by atoms with Gasteiger partial charge in [0.1, 0.15) is 24.1 Å². The van der Waals surface area contributed by atoms with Crippen LogP contribution >= 0.6 is 0 Å². The Kier molecular flexibility index (Phi) is 3.22. The number of nitrogens with zero attached hydrogens (tertiary/aromatic N) is 2. The van der Waals surface area contributed by atoms with E-state index in [0.29, 0.717) is 0 Å². The van der Waals surface area contributed by atoms with Crippen molar-refractivity contribution in [1.82, 2.24) is 9.55 Å². The van der Waals surface area contributed by atoms with Crippen LogP contribution in [0.5, 0.6) is 0 Å². The summed E-state index contributed by atoms with van der Waals surface area (Å²) in [5.74, 6) is -0.879. The Hall–Kier alpha value is -1.68. The molecule has 2 heterocycles. The number of hydrogen-bond donors (Lipinski definition) is 5. The molecule has 0 radical (unpaired) electrons. The van der Waals surface area contributed by atoms with E-state index < -0.39 is 37.1 Å². The molecule has 0 bridgehead atoms. The average molecular weight is 258 g/mol. The lowest BCUT2D eigenvalue weighted by molar-refractivity contribution is -0.0518. The number of amides is 1. The van der Waals surface area contributed by atoms with E-state index in [0.717, 1.165) is 0 Å². The fraction of sp³-hybridized carbons (Fsp3) is 0.556. The number of ether oxygens (including phenoxy) is 1. The van der Waals surface area contributed by atoms with Gasteiger partial charge in [0.15, 0.2) is 11.9 Å². The molecule has 1 saturated heterocycles. The summed E-state index contributed by atoms with van der Waals surface area (Å²) in [5, 5.41) is 28.3. The van der Waals surface area contributed by atoms with Gasteiger partial charge in [0, 0.05) is 0 Å². The van der Waals surface area contributed by atoms with Crippen LogP contribution in [0.25, 0.3) is 0 Å². The summed E-state index contributed by atoms with van der Waals surface area (Å²) in [6, 6.07) is 0. The van der Waals surface area contributed by atoms with Gasteiger partial charge in [-0.25, -0.2) is 4.98 Å². The molecule has 1 aromatic rings.